The maximum atomic E-state index is 13.8. The summed E-state index contributed by atoms with van der Waals surface area (Å²) in [5.74, 6) is 0.767. The minimum atomic E-state index is -3.85. The van der Waals surface area contributed by atoms with Crippen molar-refractivity contribution in [1.29, 1.82) is 0 Å². The lowest BCUT2D eigenvalue weighted by Crippen LogP contribution is -2.50. The van der Waals surface area contributed by atoms with Gasteiger partial charge in [0.15, 0.2) is 0 Å². The van der Waals surface area contributed by atoms with Gasteiger partial charge in [-0.2, -0.15) is 0 Å². The number of anilines is 1. The van der Waals surface area contributed by atoms with Crippen LogP contribution < -0.4 is 4.31 Å². The first-order valence-corrected chi connectivity index (χ1v) is 13.5. The highest BCUT2D eigenvalue weighted by molar-refractivity contribution is 7.92. The van der Waals surface area contributed by atoms with E-state index in [1.54, 1.807) is 42.5 Å². The molecular formula is C27H31NO4S. The molecular weight excluding hydrogens is 434 g/mol. The zero-order chi connectivity index (χ0) is 22.9. The van der Waals surface area contributed by atoms with E-state index in [1.165, 1.54) is 22.7 Å². The standard InChI is InChI=1S/C27H31NO4S/c29-26-27(22-17-18-22,19-21-11-5-1-2-10-16-25(21)32-26)20-28(23-12-6-3-7-13-23)33(30,31)24-14-8-4-9-15-24/h3-4,6-9,12-15,22H,1-2,5,10-11,16-20H2. The molecule has 1 aliphatic heterocycles. The lowest BCUT2D eigenvalue weighted by molar-refractivity contribution is -0.155. The van der Waals surface area contributed by atoms with Crippen molar-refractivity contribution in [2.45, 2.75) is 62.7 Å². The monoisotopic (exact) mass is 465 g/mol. The molecule has 1 unspecified atom stereocenters. The fourth-order valence-electron chi connectivity index (χ4n) is 5.35. The predicted octanol–water partition coefficient (Wildman–Crippen LogP) is 5.83. The molecule has 2 aromatic carbocycles. The Labute approximate surface area is 196 Å². The highest BCUT2D eigenvalue weighted by Gasteiger charge is 2.56. The van der Waals surface area contributed by atoms with E-state index in [4.69, 9.17) is 4.74 Å². The van der Waals surface area contributed by atoms with Crippen LogP contribution in [0.25, 0.3) is 0 Å². The molecule has 1 saturated carbocycles. The first-order valence-electron chi connectivity index (χ1n) is 12.1. The number of carbonyl (C=O) groups is 1. The van der Waals surface area contributed by atoms with E-state index < -0.39 is 15.4 Å². The van der Waals surface area contributed by atoms with Gasteiger partial charge in [-0.1, -0.05) is 49.2 Å². The van der Waals surface area contributed by atoms with Crippen LogP contribution in [0.4, 0.5) is 5.69 Å². The number of sulfonamides is 1. The Balaban J connectivity index is 1.57. The number of allylic oxidation sites excluding steroid dienone is 2. The van der Waals surface area contributed by atoms with Gasteiger partial charge in [0.05, 0.1) is 22.5 Å². The summed E-state index contributed by atoms with van der Waals surface area (Å²) < 4.78 is 35.1. The summed E-state index contributed by atoms with van der Waals surface area (Å²) >= 11 is 0. The summed E-state index contributed by atoms with van der Waals surface area (Å²) in [6.07, 6.45) is 8.74. The van der Waals surface area contributed by atoms with Crippen molar-refractivity contribution in [3.8, 4) is 0 Å². The van der Waals surface area contributed by atoms with Gasteiger partial charge in [0.2, 0.25) is 0 Å². The number of esters is 1. The second-order valence-electron chi connectivity index (χ2n) is 9.60. The molecule has 3 aliphatic rings. The van der Waals surface area contributed by atoms with E-state index in [1.807, 2.05) is 18.2 Å². The quantitative estimate of drug-likeness (QED) is 0.503. The Bertz CT molecular complexity index is 1140. The van der Waals surface area contributed by atoms with Crippen LogP contribution in [0.1, 0.15) is 57.8 Å². The van der Waals surface area contributed by atoms with Crippen molar-refractivity contribution in [3.05, 3.63) is 72.0 Å². The second kappa shape index (κ2) is 8.98. The number of ether oxygens (including phenoxy) is 1. The average Bonchev–Trinajstić information content (AvgIpc) is 3.67. The Hall–Kier alpha value is -2.60. The summed E-state index contributed by atoms with van der Waals surface area (Å²) in [5, 5.41) is 0. The minimum Gasteiger partial charge on any atom is -0.431 e. The molecule has 0 N–H and O–H groups in total. The fraction of sp³-hybridized carbons (Fsp3) is 0.444. The Kier molecular flexibility index (Phi) is 6.04. The molecule has 2 aliphatic carbocycles. The molecule has 0 amide bonds. The highest BCUT2D eigenvalue weighted by Crippen LogP contribution is 2.54. The van der Waals surface area contributed by atoms with Crippen molar-refractivity contribution >= 4 is 21.7 Å². The first-order chi connectivity index (χ1) is 16.0. The third-order valence-corrected chi connectivity index (χ3v) is 9.13. The third kappa shape index (κ3) is 4.33. The minimum absolute atomic E-state index is 0.106. The van der Waals surface area contributed by atoms with Gasteiger partial charge in [0.1, 0.15) is 5.76 Å². The third-order valence-electron chi connectivity index (χ3n) is 7.34. The van der Waals surface area contributed by atoms with Crippen LogP contribution in [-0.2, 0) is 19.6 Å². The second-order valence-corrected chi connectivity index (χ2v) is 11.5. The number of para-hydroxylation sites is 1. The van der Waals surface area contributed by atoms with Gasteiger partial charge in [0.25, 0.3) is 10.0 Å². The molecule has 1 atom stereocenters. The molecule has 1 fully saturated rings. The number of nitrogens with zero attached hydrogens (tertiary/aromatic N) is 1. The van der Waals surface area contributed by atoms with E-state index in [2.05, 4.69) is 0 Å². The first kappa shape index (κ1) is 22.2. The van der Waals surface area contributed by atoms with Crippen molar-refractivity contribution in [2.24, 2.45) is 11.3 Å². The molecule has 0 saturated heterocycles. The number of rotatable bonds is 6. The molecule has 0 bridgehead atoms. The smallest absolute Gasteiger partial charge is 0.319 e. The molecule has 174 valence electrons. The molecule has 0 radical (unpaired) electrons. The largest absolute Gasteiger partial charge is 0.431 e. The molecule has 33 heavy (non-hydrogen) atoms. The van der Waals surface area contributed by atoms with Crippen molar-refractivity contribution in [3.63, 3.8) is 0 Å². The molecule has 5 nitrogen and oxygen atoms in total. The Morgan fingerprint density at radius 1 is 0.879 bits per heavy atom. The number of benzene rings is 2. The Morgan fingerprint density at radius 3 is 2.18 bits per heavy atom. The van der Waals surface area contributed by atoms with Crippen LogP contribution in [0.2, 0.25) is 0 Å². The molecule has 1 heterocycles. The van der Waals surface area contributed by atoms with Gasteiger partial charge in [-0.15, -0.1) is 0 Å². The van der Waals surface area contributed by atoms with Gasteiger partial charge < -0.3 is 4.74 Å². The highest BCUT2D eigenvalue weighted by atomic mass is 32.2. The zero-order valence-electron chi connectivity index (χ0n) is 18.9. The summed E-state index contributed by atoms with van der Waals surface area (Å²) in [5.41, 5.74) is 0.966. The van der Waals surface area contributed by atoms with E-state index >= 15 is 0 Å². The van der Waals surface area contributed by atoms with Crippen molar-refractivity contribution in [2.75, 3.05) is 10.8 Å². The summed E-state index contributed by atoms with van der Waals surface area (Å²) in [6.45, 7) is 0.106. The normalized spacial score (nSPS) is 23.8. The molecule has 2 aromatic rings. The summed E-state index contributed by atoms with van der Waals surface area (Å²) in [4.78, 5) is 13.8. The van der Waals surface area contributed by atoms with Crippen LogP contribution >= 0.6 is 0 Å². The van der Waals surface area contributed by atoms with Gasteiger partial charge in [-0.3, -0.25) is 9.10 Å². The maximum absolute atomic E-state index is 13.8. The topological polar surface area (TPSA) is 63.7 Å². The lowest BCUT2D eigenvalue weighted by Gasteiger charge is -2.41. The van der Waals surface area contributed by atoms with Crippen LogP contribution in [0.15, 0.2) is 76.9 Å². The van der Waals surface area contributed by atoms with Gasteiger partial charge >= 0.3 is 5.97 Å². The van der Waals surface area contributed by atoms with E-state index in [0.717, 1.165) is 44.3 Å². The van der Waals surface area contributed by atoms with Gasteiger partial charge in [-0.25, -0.2) is 8.42 Å². The number of hydrogen-bond acceptors (Lipinski definition) is 4. The predicted molar refractivity (Wildman–Crippen MR) is 128 cm³/mol. The van der Waals surface area contributed by atoms with E-state index in [0.29, 0.717) is 12.1 Å². The van der Waals surface area contributed by atoms with Crippen molar-refractivity contribution in [1.82, 2.24) is 0 Å². The van der Waals surface area contributed by atoms with Crippen LogP contribution in [0, 0.1) is 11.3 Å². The average molecular weight is 466 g/mol. The van der Waals surface area contributed by atoms with Gasteiger partial charge in [0, 0.05) is 6.42 Å². The Morgan fingerprint density at radius 2 is 1.52 bits per heavy atom. The number of carbonyl (C=O) groups excluding carboxylic acids is 1. The molecule has 6 heteroatoms. The van der Waals surface area contributed by atoms with Gasteiger partial charge in [-0.05, 0) is 74.3 Å². The van der Waals surface area contributed by atoms with Crippen LogP contribution in [0.5, 0.6) is 0 Å². The molecule has 5 rings (SSSR count). The van der Waals surface area contributed by atoms with E-state index in [-0.39, 0.29) is 23.3 Å². The molecule has 0 aromatic heterocycles. The van der Waals surface area contributed by atoms with Crippen molar-refractivity contribution < 1.29 is 17.9 Å². The number of hydrogen-bond donors (Lipinski definition) is 0. The fourth-order valence-corrected chi connectivity index (χ4v) is 6.91. The van der Waals surface area contributed by atoms with Crippen LogP contribution in [0.3, 0.4) is 0 Å². The lowest BCUT2D eigenvalue weighted by atomic mass is 9.73. The zero-order valence-corrected chi connectivity index (χ0v) is 19.7. The molecule has 0 spiro atoms. The van der Waals surface area contributed by atoms with Crippen LogP contribution in [-0.4, -0.2) is 20.9 Å². The summed E-state index contributed by atoms with van der Waals surface area (Å²) in [6, 6.07) is 17.6. The maximum Gasteiger partial charge on any atom is 0.319 e. The summed E-state index contributed by atoms with van der Waals surface area (Å²) in [7, 11) is -3.85. The SMILES string of the molecule is O=C1OC2=C(CCCCCC2)CC1(CN(c1ccccc1)S(=O)(=O)c1ccccc1)C1CC1. The van der Waals surface area contributed by atoms with E-state index in [9.17, 15) is 13.2 Å².